The lowest BCUT2D eigenvalue weighted by molar-refractivity contribution is -0.139. The van der Waals surface area contributed by atoms with Crippen LogP contribution in [0, 0.1) is 41.5 Å². The number of hydrogen-bond donors (Lipinski definition) is 19. The Kier molecular flexibility index (Phi) is 42.0. The normalized spacial score (nSPS) is 12.2. The summed E-state index contributed by atoms with van der Waals surface area (Å²) in [7, 11) is -13.4. The number of aryl methyl sites for hydroxylation is 8. The predicted molar refractivity (Wildman–Crippen MR) is 536 cm³/mol. The number of carbonyl (C=O) groups is 11. The number of fused-ring (bicyclic) bond motifs is 2. The largest absolute Gasteiger partial charge is 0.480 e. The number of benzene rings is 5. The molecule has 0 spiro atoms. The minimum atomic E-state index is -4.57. The van der Waals surface area contributed by atoms with Crippen LogP contribution >= 0.6 is 0 Å². The zero-order valence-corrected chi connectivity index (χ0v) is 83.2. The van der Waals surface area contributed by atoms with E-state index in [0.717, 1.165) is 28.5 Å². The highest BCUT2D eigenvalue weighted by Gasteiger charge is 2.33. The minimum absolute atomic E-state index is 0.0213. The number of nitrogens with one attached hydrogen (secondary N) is 16. The quantitative estimate of drug-likeness (QED) is 0.0110. The summed E-state index contributed by atoms with van der Waals surface area (Å²) in [5.74, 6) is -7.36. The molecular weight excluding hydrogens is 1940 g/mol. The molecule has 0 radical (unpaired) electrons. The molecule has 5 heterocycles. The molecule has 5 aromatic heterocycles. The summed E-state index contributed by atoms with van der Waals surface area (Å²) in [6.45, 7) is 11.2. The van der Waals surface area contributed by atoms with Crippen LogP contribution in [0.5, 0.6) is 0 Å². The molecule has 10 aromatic rings. The number of ether oxygens (including phenoxy) is 2. The van der Waals surface area contributed by atoms with Crippen LogP contribution < -0.4 is 84.2 Å². The highest BCUT2D eigenvalue weighted by Crippen LogP contribution is 2.26. The minimum Gasteiger partial charge on any atom is -0.480 e. The van der Waals surface area contributed by atoms with E-state index < -0.39 is 131 Å². The lowest BCUT2D eigenvalue weighted by atomic mass is 10.1. The molecule has 9 amide bonds. The van der Waals surface area contributed by atoms with Crippen molar-refractivity contribution in [2.24, 2.45) is 5.10 Å². The maximum atomic E-state index is 14.0. The van der Waals surface area contributed by atoms with Gasteiger partial charge in [0.1, 0.15) is 40.0 Å². The van der Waals surface area contributed by atoms with E-state index in [0.29, 0.717) is 77.4 Å². The number of aromatic nitrogens is 7. The number of aromatic amines is 2. The molecule has 0 aliphatic heterocycles. The number of carboxylic acids is 2. The van der Waals surface area contributed by atoms with Crippen LogP contribution in [-0.4, -0.2) is 242 Å². The highest BCUT2D eigenvalue weighted by atomic mass is 32.2. The number of imidazole rings is 2. The Bertz CT molecular complexity index is 6780. The molecule has 46 nitrogen and oxygen atoms in total. The molecule has 145 heavy (non-hydrogen) atoms. The second-order valence-corrected chi connectivity index (χ2v) is 38.8. The second-order valence-electron chi connectivity index (χ2n) is 34.1. The number of hydrazone groups is 1. The van der Waals surface area contributed by atoms with Crippen LogP contribution in [0.1, 0.15) is 158 Å². The van der Waals surface area contributed by atoms with E-state index in [1.54, 1.807) is 142 Å². The Labute approximate surface area is 835 Å². The summed E-state index contributed by atoms with van der Waals surface area (Å²) in [4.78, 5) is 191. The van der Waals surface area contributed by atoms with Gasteiger partial charge in [-0.3, -0.25) is 72.3 Å². The van der Waals surface area contributed by atoms with Gasteiger partial charge in [0.15, 0.2) is 11.9 Å². The maximum absolute atomic E-state index is 14.0. The molecule has 776 valence electrons. The van der Waals surface area contributed by atoms with Gasteiger partial charge in [-0.05, 0) is 162 Å². The van der Waals surface area contributed by atoms with Crippen LogP contribution in [0.3, 0.4) is 0 Å². The SMILES string of the molecule is Cc1cc(C)c(S(=O)(=O)NC(CNC(=O)c2cn(CCCNC(=O)CCC(=O)NCCCOCCCNC(=O)C(CCC(=O)NCCCOCCCNC(=O)CCC(=O)NCCCn3cc(C(=O)NC[C@H](NS(=O)(=O)c4c(C)cc(C)cc4C)C(=O)O)c(=O)c4ccc(CNc5ncc[nH]5)cc43)NC(=O)c3ccc(N/N=C/c4ccccc4S(=O)(=O)O)nc3)c3cc(CNc4ncc[nH]4)ccc3c2=O)C(=O)O)c(C)c1. The van der Waals surface area contributed by atoms with Gasteiger partial charge >= 0.3 is 11.9 Å². The summed E-state index contributed by atoms with van der Waals surface area (Å²) in [5.41, 5.74) is 6.16. The van der Waals surface area contributed by atoms with Crippen LogP contribution in [0.4, 0.5) is 17.7 Å². The number of nitrogens with zero attached hydrogens (tertiary/aromatic N) is 6. The van der Waals surface area contributed by atoms with E-state index in [1.807, 2.05) is 0 Å². The molecule has 49 heteroatoms. The smallest absolute Gasteiger partial charge is 0.323 e. The average molecular weight is 2060 g/mol. The maximum Gasteiger partial charge on any atom is 0.323 e. The third-order valence-corrected chi connectivity index (χ3v) is 27.0. The number of amides is 9. The Hall–Kier alpha value is -15.0. The van der Waals surface area contributed by atoms with E-state index in [2.05, 4.69) is 103 Å². The zero-order chi connectivity index (χ0) is 105. The summed E-state index contributed by atoms with van der Waals surface area (Å²) in [6.07, 6.45) is 12.6. The average Bonchev–Trinajstić information content (AvgIpc) is 0.894. The van der Waals surface area contributed by atoms with E-state index >= 15 is 0 Å². The van der Waals surface area contributed by atoms with Gasteiger partial charge in [-0.2, -0.15) is 23.0 Å². The van der Waals surface area contributed by atoms with E-state index in [9.17, 15) is 102 Å². The van der Waals surface area contributed by atoms with Crippen molar-refractivity contribution in [3.8, 4) is 0 Å². The summed E-state index contributed by atoms with van der Waals surface area (Å²) in [6, 6.07) is 20.0. The number of anilines is 3. The molecule has 3 atom stereocenters. The van der Waals surface area contributed by atoms with E-state index in [-0.39, 0.29) is 196 Å². The number of H-pyrrole nitrogens is 2. The molecule has 19 N–H and O–H groups in total. The predicted octanol–water partition coefficient (Wildman–Crippen LogP) is 4.16. The lowest BCUT2D eigenvalue weighted by Crippen LogP contribution is -2.49. The van der Waals surface area contributed by atoms with Crippen molar-refractivity contribution in [3.05, 3.63) is 228 Å². The first-order valence-corrected chi connectivity index (χ1v) is 51.0. The van der Waals surface area contributed by atoms with Gasteiger partial charge in [-0.25, -0.2) is 31.8 Å². The Morgan fingerprint density at radius 2 is 0.876 bits per heavy atom. The monoisotopic (exact) mass is 2060 g/mol. The van der Waals surface area contributed by atoms with Gasteiger partial charge in [-0.1, -0.05) is 65.7 Å². The summed E-state index contributed by atoms with van der Waals surface area (Å²) >= 11 is 0. The van der Waals surface area contributed by atoms with Crippen LogP contribution in [0.25, 0.3) is 21.8 Å². The fraction of sp³-hybridized carbons (Fsp3) is 0.385. The topological polar surface area (TPSA) is 664 Å². The number of pyridine rings is 3. The Balaban J connectivity index is 0.617. The first-order chi connectivity index (χ1) is 69.2. The van der Waals surface area contributed by atoms with Gasteiger partial charge in [0, 0.05) is 197 Å². The van der Waals surface area contributed by atoms with Crippen LogP contribution in [-0.2, 0) is 104 Å². The van der Waals surface area contributed by atoms with Crippen molar-refractivity contribution < 1.29 is 102 Å². The number of rotatable bonds is 60. The molecule has 0 aliphatic rings. The first kappa shape index (κ1) is 112. The van der Waals surface area contributed by atoms with Gasteiger partial charge in [-0.15, -0.1) is 0 Å². The summed E-state index contributed by atoms with van der Waals surface area (Å²) in [5, 5.41) is 54.8. The number of sulfonamides is 2. The number of aliphatic carboxylic acids is 2. The highest BCUT2D eigenvalue weighted by molar-refractivity contribution is 7.90. The number of hydrogen-bond acceptors (Lipinski definition) is 28. The molecule has 2 unspecified atom stereocenters. The molecule has 0 fully saturated rings. The van der Waals surface area contributed by atoms with Gasteiger partial charge in [0.2, 0.25) is 66.3 Å². The van der Waals surface area contributed by atoms with Crippen molar-refractivity contribution in [2.45, 2.75) is 178 Å². The summed E-state index contributed by atoms with van der Waals surface area (Å²) < 4.78 is 107. The van der Waals surface area contributed by atoms with Crippen LogP contribution in [0.2, 0.25) is 0 Å². The second kappa shape index (κ2) is 54.4. The number of carboxylic acid groups (broad SMARTS) is 2. The van der Waals surface area contributed by atoms with Crippen molar-refractivity contribution in [3.63, 3.8) is 0 Å². The standard InChI is InChI=1S/C96H120N22O24S3/c1-59-45-61(3)87(62(4)46-59)143(134,135)115-74(93(130)131)55-108-90(127)71-57-117(76-49-65(17-20-69(76)85(71)124)51-110-95-103-35-36-104-95)39-9-29-97-81(120)25-27-83(122)100-32-12-42-141-41-11-31-99-80(119)24-22-73(113-89(126)68-19-23-79(107-53-68)114-112-54-67-15-7-8-16-78(67)145(138,139)140)92(129)102-34-14-44-142-43-13-33-101-84(123)28-26-82(121)98-30-10-40-118-58-72(86(125)70-21-18-66(50-77(70)118)52-111-96-105-37-38-106-96)91(128)109-56-75(94(132)133)116-144(136,137)88-63(5)47-60(2)48-64(88)6/h7-8,15-21,23,35-38,45-50,53-54,57-58,73-75,115-116H,9-14,22,24-34,39-44,51-52,55-56H2,1-6H3,(H,97,120)(H,98,121)(H,99,119)(H,100,122)(H,101,123)(H,102,129)(H,107,114)(H,108,127)(H,109,128)(H,113,126)(H,130,131)(H,132,133)(H2,103,104,110)(H2,105,106,111)(H,138,139,140)/b112-54+/t73?,74-,75?/m0/s1. The fourth-order valence-corrected chi connectivity index (χ4v) is 19.6. The van der Waals surface area contributed by atoms with Crippen molar-refractivity contribution in [1.82, 2.24) is 91.3 Å². The molecule has 5 aromatic carbocycles. The Morgan fingerprint density at radius 1 is 0.469 bits per heavy atom. The zero-order valence-electron chi connectivity index (χ0n) is 80.7. The fourth-order valence-electron chi connectivity index (χ4n) is 15.6. The van der Waals surface area contributed by atoms with Gasteiger partial charge in [0.25, 0.3) is 27.8 Å². The molecule has 0 aliphatic carbocycles. The molecule has 0 saturated carbocycles. The lowest BCUT2D eigenvalue weighted by Gasteiger charge is -2.19. The molecule has 0 saturated heterocycles. The van der Waals surface area contributed by atoms with Gasteiger partial charge in [0.05, 0.1) is 32.6 Å². The van der Waals surface area contributed by atoms with E-state index in [4.69, 9.17) is 9.47 Å². The van der Waals surface area contributed by atoms with Gasteiger partial charge < -0.3 is 97.3 Å². The molecular formula is C96H120N22O24S3. The Morgan fingerprint density at radius 3 is 1.27 bits per heavy atom. The molecule has 0 bridgehead atoms. The number of carbonyl (C=O) groups excluding carboxylic acids is 9. The third-order valence-electron chi connectivity index (χ3n) is 22.5. The van der Waals surface area contributed by atoms with E-state index in [1.165, 1.54) is 48.9 Å². The van der Waals surface area contributed by atoms with Crippen molar-refractivity contribution >= 4 is 141 Å². The van der Waals surface area contributed by atoms with Crippen LogP contribution in [0.15, 0.2) is 170 Å². The third kappa shape index (κ3) is 34.7. The molecule has 10 rings (SSSR count). The van der Waals surface area contributed by atoms with Crippen molar-refractivity contribution in [2.75, 3.05) is 94.8 Å². The van der Waals surface area contributed by atoms with Crippen molar-refractivity contribution in [1.29, 1.82) is 0 Å². The first-order valence-electron chi connectivity index (χ1n) is 46.6.